The Labute approximate surface area is 418 Å². The van der Waals surface area contributed by atoms with E-state index in [0.717, 1.165) is 48.4 Å². The van der Waals surface area contributed by atoms with E-state index in [-0.39, 0.29) is 54.3 Å². The van der Waals surface area contributed by atoms with Crippen LogP contribution in [0.2, 0.25) is 0 Å². The Morgan fingerprint density at radius 3 is 2.31 bits per heavy atom. The Balaban J connectivity index is 1.40. The number of esters is 1. The number of carbonyl (C=O) groups excluding carboxylic acids is 4. The summed E-state index contributed by atoms with van der Waals surface area (Å²) in [6.45, 7) is 18.0. The fourth-order valence-corrected chi connectivity index (χ4v) is 9.91. The Morgan fingerprint density at radius 1 is 0.971 bits per heavy atom. The van der Waals surface area contributed by atoms with Crippen LogP contribution in [0.4, 0.5) is 5.69 Å². The van der Waals surface area contributed by atoms with Crippen LogP contribution in [-0.2, 0) is 36.8 Å². The molecule has 0 spiro atoms. The lowest BCUT2D eigenvalue weighted by atomic mass is 9.84. The van der Waals surface area contributed by atoms with Crippen LogP contribution in [0.15, 0.2) is 66.2 Å². The van der Waals surface area contributed by atoms with Gasteiger partial charge in [0.05, 0.1) is 29.0 Å². The summed E-state index contributed by atoms with van der Waals surface area (Å²) < 4.78 is 7.76. The minimum absolute atomic E-state index is 0.109. The SMILES string of the molecule is CC[C@H](C)[C@H](NC(=O)[C@H]1CCCCN1C)C(=O)N(CCCCc1cn(-c2ccccc2)nn1)[C@H](C[C@@H](OC(C)=O)c1nc(C(=O)N[C@@H](Cc2ccc(NC(C)C)cc2)CC(C)(C)C(=O)O)cs1)C(C)C. The molecule has 70 heavy (non-hydrogen) atoms. The maximum absolute atomic E-state index is 15.2. The summed E-state index contributed by atoms with van der Waals surface area (Å²) >= 11 is 1.19. The summed E-state index contributed by atoms with van der Waals surface area (Å²) in [7, 11) is 1.95. The summed E-state index contributed by atoms with van der Waals surface area (Å²) in [6.07, 6.45) is 7.06. The average molecular weight is 984 g/mol. The van der Waals surface area contributed by atoms with Crippen LogP contribution in [0.5, 0.6) is 0 Å². The number of carboxylic acid groups (broad SMARTS) is 1. The molecule has 0 saturated carbocycles. The lowest BCUT2D eigenvalue weighted by Crippen LogP contribution is -2.59. The molecule has 1 fully saturated rings. The van der Waals surface area contributed by atoms with Gasteiger partial charge in [-0.05, 0) is 128 Å². The molecule has 6 atom stereocenters. The molecule has 16 nitrogen and oxygen atoms in total. The number of nitrogens with one attached hydrogen (secondary N) is 3. The number of rotatable bonds is 26. The third-order valence-electron chi connectivity index (χ3n) is 13.3. The van der Waals surface area contributed by atoms with Gasteiger partial charge >= 0.3 is 11.9 Å². The minimum atomic E-state index is -1.13. The van der Waals surface area contributed by atoms with Crippen LogP contribution in [0.1, 0.15) is 147 Å². The van der Waals surface area contributed by atoms with Crippen LogP contribution < -0.4 is 16.0 Å². The van der Waals surface area contributed by atoms with E-state index in [1.807, 2.05) is 100 Å². The van der Waals surface area contributed by atoms with E-state index in [4.69, 9.17) is 9.72 Å². The highest BCUT2D eigenvalue weighted by Gasteiger charge is 2.39. The third kappa shape index (κ3) is 15.9. The molecular weight excluding hydrogens is 907 g/mol. The van der Waals surface area contributed by atoms with Crippen molar-refractivity contribution in [2.45, 2.75) is 163 Å². The topological polar surface area (TPSA) is 201 Å². The highest BCUT2D eigenvalue weighted by atomic mass is 32.1. The number of benzene rings is 2. The first-order valence-electron chi connectivity index (χ1n) is 25.1. The molecule has 1 aliphatic heterocycles. The molecule has 0 radical (unpaired) electrons. The molecule has 4 N–H and O–H groups in total. The lowest BCUT2D eigenvalue weighted by molar-refractivity contribution is -0.150. The molecule has 0 aliphatic carbocycles. The number of ether oxygens (including phenoxy) is 1. The number of aryl methyl sites for hydroxylation is 1. The molecule has 17 heteroatoms. The first-order valence-corrected chi connectivity index (χ1v) is 25.9. The first kappa shape index (κ1) is 55.2. The number of likely N-dealkylation sites (tertiary alicyclic amines) is 1. The maximum Gasteiger partial charge on any atom is 0.309 e. The summed E-state index contributed by atoms with van der Waals surface area (Å²) in [5.74, 6) is -2.64. The second-order valence-corrected chi connectivity index (χ2v) is 21.2. The van der Waals surface area contributed by atoms with Crippen LogP contribution in [-0.4, -0.2) is 115 Å². The summed E-state index contributed by atoms with van der Waals surface area (Å²) in [4.78, 5) is 77.0. The van der Waals surface area contributed by atoms with Gasteiger partial charge in [-0.1, -0.05) is 76.1 Å². The molecule has 4 aromatic rings. The Hall–Kier alpha value is -5.68. The number of hydrogen-bond donors (Lipinski definition) is 4. The molecule has 2 aromatic heterocycles. The molecule has 3 heterocycles. The molecule has 5 rings (SSSR count). The number of hydrogen-bond acceptors (Lipinski definition) is 12. The van der Waals surface area contributed by atoms with Crippen molar-refractivity contribution in [2.24, 2.45) is 17.3 Å². The largest absolute Gasteiger partial charge is 0.481 e. The summed E-state index contributed by atoms with van der Waals surface area (Å²) in [5, 5.41) is 30.4. The minimum Gasteiger partial charge on any atom is -0.481 e. The van der Waals surface area contributed by atoms with Crippen molar-refractivity contribution in [1.82, 2.24) is 40.4 Å². The number of aromatic nitrogens is 4. The predicted octanol–water partition coefficient (Wildman–Crippen LogP) is 8.27. The van der Waals surface area contributed by atoms with Gasteiger partial charge in [0.1, 0.15) is 16.7 Å². The van der Waals surface area contributed by atoms with Gasteiger partial charge in [0.25, 0.3) is 5.91 Å². The molecule has 382 valence electrons. The van der Waals surface area contributed by atoms with Crippen molar-refractivity contribution >= 4 is 46.7 Å². The fourth-order valence-electron chi connectivity index (χ4n) is 9.08. The number of anilines is 1. The first-order chi connectivity index (χ1) is 33.3. The second kappa shape index (κ2) is 26.0. The number of nitrogens with zero attached hydrogens (tertiary/aromatic N) is 6. The zero-order valence-electron chi connectivity index (χ0n) is 42.9. The molecular formula is C53H77N9O7S. The van der Waals surface area contributed by atoms with Crippen LogP contribution in [0.25, 0.3) is 5.69 Å². The second-order valence-electron chi connectivity index (χ2n) is 20.3. The number of amides is 3. The highest BCUT2D eigenvalue weighted by Crippen LogP contribution is 2.33. The number of thiazole rings is 1. The van der Waals surface area contributed by atoms with Gasteiger partial charge in [-0.2, -0.15) is 0 Å². The normalized spacial score (nSPS) is 16.5. The molecule has 1 aliphatic rings. The van der Waals surface area contributed by atoms with E-state index in [1.54, 1.807) is 23.9 Å². The lowest BCUT2D eigenvalue weighted by Gasteiger charge is -2.40. The van der Waals surface area contributed by atoms with Gasteiger partial charge in [-0.15, -0.1) is 16.4 Å². The Morgan fingerprint density at radius 2 is 1.69 bits per heavy atom. The molecule has 2 aromatic carbocycles. The van der Waals surface area contributed by atoms with E-state index in [0.29, 0.717) is 43.7 Å². The van der Waals surface area contributed by atoms with E-state index < -0.39 is 47.5 Å². The van der Waals surface area contributed by atoms with Crippen LogP contribution >= 0.6 is 11.3 Å². The monoisotopic (exact) mass is 984 g/mol. The van der Waals surface area contributed by atoms with Crippen molar-refractivity contribution < 1.29 is 33.8 Å². The zero-order valence-corrected chi connectivity index (χ0v) is 43.8. The average Bonchev–Trinajstić information content (AvgIpc) is 4.01. The van der Waals surface area contributed by atoms with Gasteiger partial charge in [0, 0.05) is 49.1 Å². The number of para-hydroxylation sites is 1. The van der Waals surface area contributed by atoms with Gasteiger partial charge in [0.15, 0.2) is 6.10 Å². The summed E-state index contributed by atoms with van der Waals surface area (Å²) in [6, 6.07) is 15.8. The highest BCUT2D eigenvalue weighted by molar-refractivity contribution is 7.09. The number of carbonyl (C=O) groups is 5. The number of unbranched alkanes of at least 4 members (excludes halogenated alkanes) is 1. The van der Waals surface area contributed by atoms with E-state index in [2.05, 4.69) is 45.0 Å². The van der Waals surface area contributed by atoms with Crippen LogP contribution in [0, 0.1) is 17.3 Å². The fraction of sp³-hybridized carbons (Fsp3) is 0.585. The smallest absolute Gasteiger partial charge is 0.309 e. The Bertz CT molecular complexity index is 2320. The van der Waals surface area contributed by atoms with Crippen LogP contribution in [0.3, 0.4) is 0 Å². The van der Waals surface area contributed by atoms with Crippen molar-refractivity contribution in [2.75, 3.05) is 25.5 Å². The molecule has 0 unspecified atom stereocenters. The molecule has 1 saturated heterocycles. The Kier molecular flexibility index (Phi) is 20.5. The van der Waals surface area contributed by atoms with Crippen molar-refractivity contribution in [3.05, 3.63) is 88.1 Å². The van der Waals surface area contributed by atoms with Crippen molar-refractivity contribution in [3.8, 4) is 5.69 Å². The zero-order chi connectivity index (χ0) is 51.1. The van der Waals surface area contributed by atoms with Gasteiger partial charge < -0.3 is 30.7 Å². The number of likely N-dealkylation sites (N-methyl/N-ethyl adjacent to an activating group) is 1. The van der Waals surface area contributed by atoms with Gasteiger partial charge in [-0.25, -0.2) is 9.67 Å². The quantitative estimate of drug-likeness (QED) is 0.0347. The van der Waals surface area contributed by atoms with Crippen molar-refractivity contribution in [1.29, 1.82) is 0 Å². The summed E-state index contributed by atoms with van der Waals surface area (Å²) in [5.41, 5.74) is 2.60. The number of carboxylic acids is 1. The van der Waals surface area contributed by atoms with E-state index in [9.17, 15) is 24.3 Å². The van der Waals surface area contributed by atoms with E-state index in [1.165, 1.54) is 18.3 Å². The van der Waals surface area contributed by atoms with Crippen molar-refractivity contribution in [3.63, 3.8) is 0 Å². The molecule has 0 bridgehead atoms. The van der Waals surface area contributed by atoms with Gasteiger partial charge in [-0.3, -0.25) is 28.9 Å². The number of piperidine rings is 1. The maximum atomic E-state index is 15.2. The number of aliphatic carboxylic acids is 1. The molecule has 3 amide bonds. The standard InChI is InChI=1S/C53H77N9O7S/c1-11-36(6)47(57-49(65)44-22-16-17-27-60(44)10)51(66)61(28-18-15-19-40-32-62(59-58-40)42-20-13-12-14-21-42)45(34(2)3)30-46(69-37(7)63)50-56-43(33-70-50)48(64)55-41(31-53(8,9)52(67)68)29-38-23-25-39(26-24-38)54-35(4)5/h12-14,20-21,23-26,32-36,41,44-47,54H,11,15-19,22,27-31H2,1-10H3,(H,55,64)(H,57,65)(H,67,68)/t36-,41-,44+,45+,46+,47-/m0/s1. The third-order valence-corrected chi connectivity index (χ3v) is 14.2. The van der Waals surface area contributed by atoms with Gasteiger partial charge in [0.2, 0.25) is 11.8 Å². The predicted molar refractivity (Wildman–Crippen MR) is 274 cm³/mol. The van der Waals surface area contributed by atoms with E-state index >= 15 is 4.79 Å².